The summed E-state index contributed by atoms with van der Waals surface area (Å²) in [6, 6.07) is 5.88. The third-order valence-electron chi connectivity index (χ3n) is 1.52. The summed E-state index contributed by atoms with van der Waals surface area (Å²) in [4.78, 5) is 0. The first-order chi connectivity index (χ1) is 5.29. The highest BCUT2D eigenvalue weighted by atomic mass is 79.9. The van der Waals surface area contributed by atoms with E-state index in [1.807, 2.05) is 18.2 Å². The van der Waals surface area contributed by atoms with Gasteiger partial charge in [0.1, 0.15) is 5.58 Å². The smallest absolute Gasteiger partial charge is 0.149 e. The van der Waals surface area contributed by atoms with Crippen LogP contribution in [0.5, 0.6) is 0 Å². The molecule has 0 amide bonds. The van der Waals surface area contributed by atoms with Gasteiger partial charge < -0.3 is 4.42 Å². The zero-order chi connectivity index (χ0) is 7.84. The predicted molar refractivity (Wildman–Crippen MR) is 51.6 cm³/mol. The first-order valence-corrected chi connectivity index (χ1v) is 4.69. The maximum Gasteiger partial charge on any atom is 0.149 e. The van der Waals surface area contributed by atoms with Gasteiger partial charge in [0, 0.05) is 9.86 Å². The summed E-state index contributed by atoms with van der Waals surface area (Å²) in [6.07, 6.45) is 1.68. The molecule has 1 nitrogen and oxygen atoms in total. The SMILES string of the molecule is Brc1ccc(Br)c2occc12. The number of benzene rings is 1. The van der Waals surface area contributed by atoms with Crippen LogP contribution in [-0.2, 0) is 0 Å². The minimum atomic E-state index is 0.888. The van der Waals surface area contributed by atoms with Crippen molar-refractivity contribution >= 4 is 42.8 Å². The van der Waals surface area contributed by atoms with Gasteiger partial charge in [-0.1, -0.05) is 15.9 Å². The fourth-order valence-corrected chi connectivity index (χ4v) is 1.88. The fourth-order valence-electron chi connectivity index (χ4n) is 0.994. The summed E-state index contributed by atoms with van der Waals surface area (Å²) < 4.78 is 7.30. The van der Waals surface area contributed by atoms with Crippen LogP contribution >= 0.6 is 31.9 Å². The molecule has 0 saturated carbocycles. The number of rotatable bonds is 0. The summed E-state index contributed by atoms with van der Waals surface area (Å²) in [5, 5.41) is 1.10. The van der Waals surface area contributed by atoms with Crippen LogP contribution in [0, 0.1) is 0 Å². The molecule has 11 heavy (non-hydrogen) atoms. The summed E-state index contributed by atoms with van der Waals surface area (Å²) in [7, 11) is 0. The third-order valence-corrected chi connectivity index (χ3v) is 2.83. The van der Waals surface area contributed by atoms with Gasteiger partial charge in [-0.2, -0.15) is 0 Å². The van der Waals surface area contributed by atoms with Crippen molar-refractivity contribution < 1.29 is 4.42 Å². The van der Waals surface area contributed by atoms with Crippen LogP contribution in [0.2, 0.25) is 0 Å². The van der Waals surface area contributed by atoms with E-state index in [4.69, 9.17) is 4.42 Å². The van der Waals surface area contributed by atoms with E-state index in [-0.39, 0.29) is 0 Å². The molecule has 0 unspecified atom stereocenters. The molecule has 0 atom stereocenters. The first-order valence-electron chi connectivity index (χ1n) is 3.10. The van der Waals surface area contributed by atoms with Crippen molar-refractivity contribution in [2.24, 2.45) is 0 Å². The van der Waals surface area contributed by atoms with Gasteiger partial charge in [0.15, 0.2) is 0 Å². The van der Waals surface area contributed by atoms with E-state index in [1.54, 1.807) is 6.26 Å². The number of hydrogen-bond donors (Lipinski definition) is 0. The van der Waals surface area contributed by atoms with Crippen molar-refractivity contribution in [1.82, 2.24) is 0 Å². The molecule has 56 valence electrons. The molecule has 0 bridgehead atoms. The zero-order valence-electron chi connectivity index (χ0n) is 5.47. The Morgan fingerprint density at radius 3 is 2.45 bits per heavy atom. The largest absolute Gasteiger partial charge is 0.463 e. The van der Waals surface area contributed by atoms with Crippen LogP contribution in [0.25, 0.3) is 11.0 Å². The lowest BCUT2D eigenvalue weighted by Crippen LogP contribution is -1.68. The molecular weight excluding hydrogens is 272 g/mol. The van der Waals surface area contributed by atoms with Gasteiger partial charge in [0.05, 0.1) is 10.7 Å². The normalized spacial score (nSPS) is 10.7. The Morgan fingerprint density at radius 2 is 1.73 bits per heavy atom. The highest BCUT2D eigenvalue weighted by molar-refractivity contribution is 9.11. The van der Waals surface area contributed by atoms with Crippen molar-refractivity contribution in [3.8, 4) is 0 Å². The molecular formula is C8H4Br2O. The van der Waals surface area contributed by atoms with E-state index in [0.29, 0.717) is 0 Å². The Hall–Kier alpha value is -0.280. The number of halogens is 2. The summed E-state index contributed by atoms with van der Waals surface area (Å²) in [6.45, 7) is 0. The molecule has 0 N–H and O–H groups in total. The van der Waals surface area contributed by atoms with Gasteiger partial charge >= 0.3 is 0 Å². The van der Waals surface area contributed by atoms with Crippen molar-refractivity contribution in [2.75, 3.05) is 0 Å². The summed E-state index contributed by atoms with van der Waals surface area (Å²) in [5.74, 6) is 0. The molecule has 0 fully saturated rings. The van der Waals surface area contributed by atoms with Gasteiger partial charge in [0.2, 0.25) is 0 Å². The van der Waals surface area contributed by atoms with Crippen molar-refractivity contribution in [3.63, 3.8) is 0 Å². The molecule has 2 aromatic rings. The molecule has 1 aromatic carbocycles. The van der Waals surface area contributed by atoms with Crippen molar-refractivity contribution in [1.29, 1.82) is 0 Å². The fraction of sp³-hybridized carbons (Fsp3) is 0. The average molecular weight is 276 g/mol. The lowest BCUT2D eigenvalue weighted by molar-refractivity contribution is 0.614. The van der Waals surface area contributed by atoms with Crippen LogP contribution in [0.1, 0.15) is 0 Å². The molecule has 0 aliphatic rings. The van der Waals surface area contributed by atoms with Crippen LogP contribution in [-0.4, -0.2) is 0 Å². The minimum absolute atomic E-state index is 0.888. The second-order valence-corrected chi connectivity index (χ2v) is 3.90. The van der Waals surface area contributed by atoms with Crippen LogP contribution in [0.15, 0.2) is 37.8 Å². The maximum atomic E-state index is 5.25. The molecule has 2 rings (SSSR count). The molecule has 3 heteroatoms. The van der Waals surface area contributed by atoms with Crippen molar-refractivity contribution in [2.45, 2.75) is 0 Å². The second kappa shape index (κ2) is 2.64. The molecule has 0 aliphatic carbocycles. The Balaban J connectivity index is 2.96. The molecule has 0 aliphatic heterocycles. The second-order valence-electron chi connectivity index (χ2n) is 2.19. The minimum Gasteiger partial charge on any atom is -0.463 e. The third kappa shape index (κ3) is 1.12. The average Bonchev–Trinajstić information content (AvgIpc) is 2.45. The lowest BCUT2D eigenvalue weighted by Gasteiger charge is -1.93. The van der Waals surface area contributed by atoms with Gasteiger partial charge in [0.25, 0.3) is 0 Å². The van der Waals surface area contributed by atoms with Crippen LogP contribution < -0.4 is 0 Å². The molecule has 1 aromatic heterocycles. The first kappa shape index (κ1) is 7.37. The standard InChI is InChI=1S/C8H4Br2O/c9-6-1-2-7(10)8-5(6)3-4-11-8/h1-4H. The molecule has 1 heterocycles. The van der Waals surface area contributed by atoms with E-state index >= 15 is 0 Å². The Morgan fingerprint density at radius 1 is 1.00 bits per heavy atom. The van der Waals surface area contributed by atoms with E-state index in [1.165, 1.54) is 0 Å². The van der Waals surface area contributed by atoms with E-state index < -0.39 is 0 Å². The highest BCUT2D eigenvalue weighted by Crippen LogP contribution is 2.30. The van der Waals surface area contributed by atoms with Crippen molar-refractivity contribution in [3.05, 3.63) is 33.4 Å². The molecule has 0 spiro atoms. The van der Waals surface area contributed by atoms with E-state index in [9.17, 15) is 0 Å². The monoisotopic (exact) mass is 274 g/mol. The summed E-state index contributed by atoms with van der Waals surface area (Å²) in [5.41, 5.74) is 0.888. The number of hydrogen-bond acceptors (Lipinski definition) is 1. The zero-order valence-corrected chi connectivity index (χ0v) is 8.65. The van der Waals surface area contributed by atoms with Crippen LogP contribution in [0.3, 0.4) is 0 Å². The van der Waals surface area contributed by atoms with Crippen LogP contribution in [0.4, 0.5) is 0 Å². The van der Waals surface area contributed by atoms with Gasteiger partial charge in [-0.3, -0.25) is 0 Å². The Labute approximate surface area is 80.6 Å². The van der Waals surface area contributed by atoms with Gasteiger partial charge in [-0.05, 0) is 34.1 Å². The Bertz CT molecular complexity index is 356. The quantitative estimate of drug-likeness (QED) is 0.709. The van der Waals surface area contributed by atoms with E-state index in [2.05, 4.69) is 31.9 Å². The molecule has 0 saturated heterocycles. The topological polar surface area (TPSA) is 13.1 Å². The number of fused-ring (bicyclic) bond motifs is 1. The number of furan rings is 1. The van der Waals surface area contributed by atoms with Gasteiger partial charge in [-0.15, -0.1) is 0 Å². The molecule has 0 radical (unpaired) electrons. The highest BCUT2D eigenvalue weighted by Gasteiger charge is 2.03. The predicted octanol–water partition coefficient (Wildman–Crippen LogP) is 3.96. The van der Waals surface area contributed by atoms with Gasteiger partial charge in [-0.25, -0.2) is 0 Å². The van der Waals surface area contributed by atoms with E-state index in [0.717, 1.165) is 19.9 Å². The lowest BCUT2D eigenvalue weighted by atomic mass is 10.3. The maximum absolute atomic E-state index is 5.25. The Kier molecular flexibility index (Phi) is 1.77. The summed E-state index contributed by atoms with van der Waals surface area (Å²) >= 11 is 6.82.